The van der Waals surface area contributed by atoms with E-state index in [0.717, 1.165) is 0 Å². The second-order valence-corrected chi connectivity index (χ2v) is 1.47. The molecule has 0 unspecified atom stereocenters. The molecule has 0 aromatic rings. The van der Waals surface area contributed by atoms with Crippen LogP contribution in [-0.2, 0) is 0 Å². The summed E-state index contributed by atoms with van der Waals surface area (Å²) in [6.07, 6.45) is 0. The highest BCUT2D eigenvalue weighted by atomic mass is 14.9. The lowest BCUT2D eigenvalue weighted by molar-refractivity contribution is 1.03. The maximum absolute atomic E-state index is 8.18. The fourth-order valence-corrected chi connectivity index (χ4v) is 0.340. The molecule has 0 heterocycles. The van der Waals surface area contributed by atoms with E-state index in [4.69, 9.17) is 21.0 Å². The first kappa shape index (κ1) is 8.92. The highest BCUT2D eigenvalue weighted by molar-refractivity contribution is 5.30. The molecule has 0 aromatic carbocycles. The van der Waals surface area contributed by atoms with Crippen molar-refractivity contribution in [3.63, 3.8) is 0 Å². The van der Waals surface area contributed by atoms with Crippen LogP contribution in [0.1, 0.15) is 0 Å². The zero-order valence-corrected chi connectivity index (χ0v) is 5.39. The standard InChI is InChI=1S/C6H2N5/c7-1-5(2-8)11-6(3-9)4-10/h5-6H/q-1. The van der Waals surface area contributed by atoms with Crippen molar-refractivity contribution in [1.82, 2.24) is 0 Å². The zero-order valence-electron chi connectivity index (χ0n) is 5.39. The van der Waals surface area contributed by atoms with E-state index in [9.17, 15) is 0 Å². The first-order valence-corrected chi connectivity index (χ1v) is 2.57. The van der Waals surface area contributed by atoms with E-state index < -0.39 is 12.1 Å². The SMILES string of the molecule is N#CC(C#N)[N-]C(C#N)C#N. The summed E-state index contributed by atoms with van der Waals surface area (Å²) in [4.78, 5) is 0. The molecule has 11 heavy (non-hydrogen) atoms. The van der Waals surface area contributed by atoms with Crippen LogP contribution in [0.2, 0.25) is 0 Å². The number of nitrogens with zero attached hydrogens (tertiary/aromatic N) is 5. The minimum absolute atomic E-state index is 1.22. The van der Waals surface area contributed by atoms with Gasteiger partial charge in [-0.25, -0.2) is 0 Å². The van der Waals surface area contributed by atoms with E-state index in [-0.39, 0.29) is 0 Å². The Morgan fingerprint density at radius 1 is 0.727 bits per heavy atom. The smallest absolute Gasteiger partial charge is 0.0581 e. The van der Waals surface area contributed by atoms with Gasteiger partial charge >= 0.3 is 0 Å². The monoisotopic (exact) mass is 144 g/mol. The molecule has 0 saturated carbocycles. The van der Waals surface area contributed by atoms with E-state index in [1.165, 1.54) is 24.3 Å². The Balaban J connectivity index is 4.09. The molecular weight excluding hydrogens is 142 g/mol. The summed E-state index contributed by atoms with van der Waals surface area (Å²) in [5.74, 6) is 0. The third-order valence-electron chi connectivity index (χ3n) is 0.787. The quantitative estimate of drug-likeness (QED) is 0.550. The molecule has 0 aliphatic rings. The molecule has 0 spiro atoms. The van der Waals surface area contributed by atoms with E-state index in [1.54, 1.807) is 0 Å². The Morgan fingerprint density at radius 3 is 1.18 bits per heavy atom. The van der Waals surface area contributed by atoms with Crippen LogP contribution in [0.25, 0.3) is 5.32 Å². The largest absolute Gasteiger partial charge is 0.607 e. The van der Waals surface area contributed by atoms with Gasteiger partial charge in [-0.3, -0.25) is 0 Å². The molecule has 0 atom stereocenters. The topological polar surface area (TPSA) is 109 Å². The maximum Gasteiger partial charge on any atom is 0.0581 e. The molecule has 0 saturated heterocycles. The van der Waals surface area contributed by atoms with Crippen LogP contribution in [0.5, 0.6) is 0 Å². The molecule has 0 bridgehead atoms. The van der Waals surface area contributed by atoms with E-state index in [2.05, 4.69) is 5.32 Å². The van der Waals surface area contributed by atoms with Crippen LogP contribution in [0.15, 0.2) is 0 Å². The fourth-order valence-electron chi connectivity index (χ4n) is 0.340. The van der Waals surface area contributed by atoms with Crippen LogP contribution in [0.3, 0.4) is 0 Å². The fraction of sp³-hybridized carbons (Fsp3) is 0.333. The van der Waals surface area contributed by atoms with E-state index >= 15 is 0 Å². The molecule has 0 aromatic heterocycles. The lowest BCUT2D eigenvalue weighted by atomic mass is 10.3. The summed E-state index contributed by atoms with van der Waals surface area (Å²) in [6.45, 7) is 0. The molecule has 0 fully saturated rings. The van der Waals surface area contributed by atoms with Gasteiger partial charge in [-0.1, -0.05) is 0 Å². The van der Waals surface area contributed by atoms with Crippen molar-refractivity contribution in [2.75, 3.05) is 0 Å². The number of hydrogen-bond donors (Lipinski definition) is 0. The highest BCUT2D eigenvalue weighted by Crippen LogP contribution is 2.03. The van der Waals surface area contributed by atoms with Crippen LogP contribution in [-0.4, -0.2) is 12.1 Å². The van der Waals surface area contributed by atoms with Gasteiger partial charge < -0.3 is 5.32 Å². The third-order valence-corrected chi connectivity index (χ3v) is 0.787. The lowest BCUT2D eigenvalue weighted by Gasteiger charge is -2.18. The normalized spacial score (nSPS) is 7.82. The molecule has 0 rings (SSSR count). The van der Waals surface area contributed by atoms with Gasteiger partial charge in [0, 0.05) is 12.1 Å². The zero-order chi connectivity index (χ0) is 8.69. The van der Waals surface area contributed by atoms with Gasteiger partial charge in [0.15, 0.2) is 0 Å². The van der Waals surface area contributed by atoms with Gasteiger partial charge in [-0.2, -0.15) is 21.0 Å². The molecule has 0 radical (unpaired) electrons. The van der Waals surface area contributed by atoms with Gasteiger partial charge in [0.25, 0.3) is 0 Å². The number of rotatable bonds is 2. The van der Waals surface area contributed by atoms with Crippen molar-refractivity contribution in [2.24, 2.45) is 0 Å². The Bertz CT molecular complexity index is 222. The van der Waals surface area contributed by atoms with Crippen molar-refractivity contribution in [1.29, 1.82) is 21.0 Å². The summed E-state index contributed by atoms with van der Waals surface area (Å²) < 4.78 is 0. The summed E-state index contributed by atoms with van der Waals surface area (Å²) >= 11 is 0. The van der Waals surface area contributed by atoms with Gasteiger partial charge in [-0.05, 0) is 0 Å². The molecule has 0 aliphatic carbocycles. The molecule has 0 amide bonds. The third kappa shape index (κ3) is 2.82. The van der Waals surface area contributed by atoms with Crippen LogP contribution in [0.4, 0.5) is 0 Å². The van der Waals surface area contributed by atoms with Gasteiger partial charge in [0.2, 0.25) is 0 Å². The summed E-state index contributed by atoms with van der Waals surface area (Å²) in [7, 11) is 0. The predicted octanol–water partition coefficient (Wildman–Crippen LogP) is 0.192. The second kappa shape index (κ2) is 4.77. The van der Waals surface area contributed by atoms with Crippen molar-refractivity contribution < 1.29 is 0 Å². The van der Waals surface area contributed by atoms with Gasteiger partial charge in [0.05, 0.1) is 24.3 Å². The maximum atomic E-state index is 8.18. The first-order valence-electron chi connectivity index (χ1n) is 2.57. The van der Waals surface area contributed by atoms with Gasteiger partial charge in [-0.15, -0.1) is 0 Å². The van der Waals surface area contributed by atoms with E-state index in [1.807, 2.05) is 0 Å². The summed E-state index contributed by atoms with van der Waals surface area (Å²) in [5.41, 5.74) is 0. The van der Waals surface area contributed by atoms with Crippen LogP contribution >= 0.6 is 0 Å². The van der Waals surface area contributed by atoms with Crippen LogP contribution < -0.4 is 0 Å². The number of nitriles is 4. The van der Waals surface area contributed by atoms with Crippen molar-refractivity contribution in [3.8, 4) is 24.3 Å². The lowest BCUT2D eigenvalue weighted by Crippen LogP contribution is -2.08. The molecule has 5 nitrogen and oxygen atoms in total. The predicted molar refractivity (Wildman–Crippen MR) is 33.4 cm³/mol. The Labute approximate surface area is 63.7 Å². The Hall–Kier alpha value is -2.08. The first-order chi connectivity index (χ1) is 5.28. The van der Waals surface area contributed by atoms with Crippen molar-refractivity contribution >= 4 is 0 Å². The summed E-state index contributed by atoms with van der Waals surface area (Å²) in [6, 6.07) is 3.64. The molecule has 5 heteroatoms. The summed E-state index contributed by atoms with van der Waals surface area (Å²) in [5, 5.41) is 36.0. The van der Waals surface area contributed by atoms with Crippen molar-refractivity contribution in [2.45, 2.75) is 12.1 Å². The van der Waals surface area contributed by atoms with Crippen LogP contribution in [0, 0.1) is 45.3 Å². The van der Waals surface area contributed by atoms with Gasteiger partial charge in [0.1, 0.15) is 0 Å². The molecule has 52 valence electrons. The Kier molecular flexibility index (Phi) is 3.87. The minimum atomic E-state index is -1.22. The molecular formula is C6H2N5-. The van der Waals surface area contributed by atoms with Crippen molar-refractivity contribution in [3.05, 3.63) is 5.32 Å². The Morgan fingerprint density at radius 2 is 1.00 bits per heavy atom. The number of hydrogen-bond acceptors (Lipinski definition) is 4. The highest BCUT2D eigenvalue weighted by Gasteiger charge is 1.97. The molecule has 0 N–H and O–H groups in total. The minimum Gasteiger partial charge on any atom is -0.607 e. The molecule has 0 aliphatic heterocycles. The second-order valence-electron chi connectivity index (χ2n) is 1.47. The average molecular weight is 144 g/mol. The van der Waals surface area contributed by atoms with E-state index in [0.29, 0.717) is 0 Å². The average Bonchev–Trinajstić information content (AvgIpc) is 2.07.